The zero-order valence-electron chi connectivity index (χ0n) is 23.8. The Morgan fingerprint density at radius 1 is 1.19 bits per heavy atom. The molecule has 1 amide bonds. The number of thioether (sulfide) groups is 1. The lowest BCUT2D eigenvalue weighted by molar-refractivity contribution is -0.431. The Morgan fingerprint density at radius 2 is 2.02 bits per heavy atom. The van der Waals surface area contributed by atoms with E-state index < -0.39 is 18.2 Å². The fourth-order valence-electron chi connectivity index (χ4n) is 7.50. The van der Waals surface area contributed by atoms with Crippen molar-refractivity contribution in [3.05, 3.63) is 11.1 Å². The number of hydrogen-bond acceptors (Lipinski definition) is 14. The second-order valence-electron chi connectivity index (χ2n) is 12.4. The molecule has 15 nitrogen and oxygen atoms in total. The van der Waals surface area contributed by atoms with Crippen molar-refractivity contribution >= 4 is 23.5 Å². The quantitative estimate of drug-likeness (QED) is 0.140. The van der Waals surface area contributed by atoms with Gasteiger partial charge < -0.3 is 25.8 Å². The molecule has 0 bridgehead atoms. The molecular formula is C26H45N10O5S+. The maximum Gasteiger partial charge on any atom is 0.226 e. The van der Waals surface area contributed by atoms with Crippen LogP contribution < -0.4 is 43.6 Å². The monoisotopic (exact) mass is 609 g/mol. The Morgan fingerprint density at radius 3 is 2.83 bits per heavy atom. The molecule has 42 heavy (non-hydrogen) atoms. The lowest BCUT2D eigenvalue weighted by Crippen LogP contribution is -2.79. The first kappa shape index (κ1) is 29.3. The van der Waals surface area contributed by atoms with Gasteiger partial charge in [-0.05, 0) is 12.8 Å². The SMILES string of the molecule is NC(=O)C1C(NC2CC(C3COC4C(=O)C=C(N5CCOCC5)SC43)ON2)NC(N[C@H]2CCCC[C@H]2[NH3+])N2NCNC12. The van der Waals surface area contributed by atoms with Gasteiger partial charge in [0.15, 0.2) is 5.78 Å². The highest BCUT2D eigenvalue weighted by molar-refractivity contribution is 8.03. The van der Waals surface area contributed by atoms with Crippen molar-refractivity contribution in [3.8, 4) is 0 Å². The highest BCUT2D eigenvalue weighted by atomic mass is 32.2. The molecule has 6 heterocycles. The van der Waals surface area contributed by atoms with Gasteiger partial charge in [0.05, 0.1) is 79.4 Å². The van der Waals surface area contributed by atoms with Gasteiger partial charge in [0, 0.05) is 37.9 Å². The Bertz CT molecular complexity index is 1050. The van der Waals surface area contributed by atoms with Crippen LogP contribution in [-0.4, -0.2) is 116 Å². The number of amides is 1. The number of fused-ring (bicyclic) bond motifs is 2. The molecule has 0 aromatic rings. The predicted octanol–water partition coefficient (Wildman–Crippen LogP) is -3.78. The number of hydroxylamine groups is 1. The number of carbonyl (C=O) groups is 2. The molecule has 0 radical (unpaired) electrons. The van der Waals surface area contributed by atoms with Crippen LogP contribution in [0.5, 0.6) is 0 Å². The van der Waals surface area contributed by atoms with Gasteiger partial charge in [-0.1, -0.05) is 6.42 Å². The predicted molar refractivity (Wildman–Crippen MR) is 152 cm³/mol. The van der Waals surface area contributed by atoms with E-state index in [2.05, 4.69) is 42.8 Å². The molecule has 9 unspecified atom stereocenters. The molecule has 6 fully saturated rings. The number of rotatable bonds is 7. The lowest BCUT2D eigenvalue weighted by Gasteiger charge is -2.47. The summed E-state index contributed by atoms with van der Waals surface area (Å²) in [4.78, 5) is 34.1. The van der Waals surface area contributed by atoms with Crippen molar-refractivity contribution in [2.75, 3.05) is 39.6 Å². The summed E-state index contributed by atoms with van der Waals surface area (Å²) in [5, 5.41) is 17.4. The largest absolute Gasteiger partial charge is 0.378 e. The van der Waals surface area contributed by atoms with E-state index in [1.807, 2.05) is 5.01 Å². The van der Waals surface area contributed by atoms with E-state index in [0.717, 1.165) is 31.0 Å². The number of morpholine rings is 1. The smallest absolute Gasteiger partial charge is 0.226 e. The number of hydrazine groups is 1. The summed E-state index contributed by atoms with van der Waals surface area (Å²) in [6.07, 6.45) is 5.25. The van der Waals surface area contributed by atoms with Crippen LogP contribution in [0.3, 0.4) is 0 Å². The van der Waals surface area contributed by atoms with Gasteiger partial charge in [0.1, 0.15) is 12.4 Å². The van der Waals surface area contributed by atoms with E-state index in [9.17, 15) is 9.59 Å². The average molecular weight is 610 g/mol. The first-order valence-corrected chi connectivity index (χ1v) is 16.3. The zero-order valence-corrected chi connectivity index (χ0v) is 24.7. The third kappa shape index (κ3) is 5.73. The van der Waals surface area contributed by atoms with Crippen LogP contribution in [0.4, 0.5) is 0 Å². The van der Waals surface area contributed by atoms with Gasteiger partial charge in [-0.2, -0.15) is 10.5 Å². The number of nitrogens with two attached hydrogens (primary N) is 1. The molecule has 16 heteroatoms. The summed E-state index contributed by atoms with van der Waals surface area (Å²) in [7, 11) is 0. The Balaban J connectivity index is 1.01. The van der Waals surface area contributed by atoms with Crippen molar-refractivity contribution in [3.63, 3.8) is 0 Å². The molecule has 11 N–H and O–H groups in total. The number of ketones is 1. The molecule has 0 spiro atoms. The van der Waals surface area contributed by atoms with Crippen molar-refractivity contribution in [2.45, 2.75) is 86.4 Å². The fraction of sp³-hybridized carbons (Fsp3) is 0.846. The van der Waals surface area contributed by atoms with Crippen LogP contribution in [0, 0.1) is 11.8 Å². The van der Waals surface area contributed by atoms with Crippen molar-refractivity contribution < 1.29 is 29.6 Å². The number of primary amides is 1. The summed E-state index contributed by atoms with van der Waals surface area (Å²) >= 11 is 1.73. The molecule has 1 aliphatic carbocycles. The van der Waals surface area contributed by atoms with E-state index in [0.29, 0.717) is 39.0 Å². The highest BCUT2D eigenvalue weighted by Crippen LogP contribution is 2.44. The van der Waals surface area contributed by atoms with Crippen LogP contribution >= 0.6 is 11.8 Å². The minimum atomic E-state index is -0.535. The molecule has 5 saturated heterocycles. The van der Waals surface area contributed by atoms with Crippen LogP contribution in [0.25, 0.3) is 0 Å². The number of nitrogens with one attached hydrogen (secondary N) is 6. The van der Waals surface area contributed by atoms with E-state index >= 15 is 0 Å². The van der Waals surface area contributed by atoms with E-state index in [1.165, 1.54) is 12.8 Å². The van der Waals surface area contributed by atoms with Gasteiger partial charge in [0.25, 0.3) is 0 Å². The third-order valence-electron chi connectivity index (χ3n) is 9.80. The Hall–Kier alpha value is -1.41. The van der Waals surface area contributed by atoms with Crippen LogP contribution in [0.2, 0.25) is 0 Å². The zero-order chi connectivity index (χ0) is 28.8. The lowest BCUT2D eigenvalue weighted by atomic mass is 9.90. The molecule has 11 atom stereocenters. The molecule has 0 aromatic heterocycles. The summed E-state index contributed by atoms with van der Waals surface area (Å²) in [5.74, 6) is -0.848. The Kier molecular flexibility index (Phi) is 8.75. The maximum atomic E-state index is 13.0. The second kappa shape index (κ2) is 12.5. The first-order chi connectivity index (χ1) is 20.5. The van der Waals surface area contributed by atoms with E-state index in [4.69, 9.17) is 20.0 Å². The number of nitrogens with zero attached hydrogens (tertiary/aromatic N) is 2. The molecule has 6 aliphatic heterocycles. The van der Waals surface area contributed by atoms with Crippen molar-refractivity contribution in [2.24, 2.45) is 17.6 Å². The molecule has 7 rings (SSSR count). The summed E-state index contributed by atoms with van der Waals surface area (Å²) in [5.41, 5.74) is 16.9. The second-order valence-corrected chi connectivity index (χ2v) is 13.6. The fourth-order valence-corrected chi connectivity index (χ4v) is 9.06. The molecule has 1 saturated carbocycles. The number of hydrogen-bond donors (Lipinski definition) is 8. The average Bonchev–Trinajstić information content (AvgIpc) is 3.75. The van der Waals surface area contributed by atoms with Crippen LogP contribution in [0.1, 0.15) is 32.1 Å². The standard InChI is InChI=1S/C26H44N10O5S/c27-14-3-1-2-4-15(14)31-26-33-24(20(23(28)38)25-29-12-30-36(25)26)32-18-10-17(41-34-18)13-11-40-21-16(37)9-19(42-22(13)21)35-5-7-39-8-6-35/h9,13-15,17-18,20-22,24-26,29-34H,1-8,10-12,27H2,(H2,28,38)/p+1/t13?,14-,15+,17?,18?,20?,21?,22?,24?,25?,26?/m1/s1. The number of quaternary nitrogens is 1. The topological polar surface area (TPSA) is 194 Å². The molecular weight excluding hydrogens is 564 g/mol. The molecule has 7 aliphatic rings. The van der Waals surface area contributed by atoms with Crippen LogP contribution in [-0.2, 0) is 23.9 Å². The third-order valence-corrected chi connectivity index (χ3v) is 11.3. The van der Waals surface area contributed by atoms with Gasteiger partial charge >= 0.3 is 0 Å². The van der Waals surface area contributed by atoms with Gasteiger partial charge in [-0.25, -0.2) is 5.43 Å². The molecule has 234 valence electrons. The van der Waals surface area contributed by atoms with Crippen LogP contribution in [0.15, 0.2) is 11.1 Å². The van der Waals surface area contributed by atoms with E-state index in [1.54, 1.807) is 17.8 Å². The minimum absolute atomic E-state index is 0.0148. The maximum absolute atomic E-state index is 13.0. The normalized spacial score (nSPS) is 44.6. The molecule has 0 aromatic carbocycles. The minimum Gasteiger partial charge on any atom is -0.378 e. The van der Waals surface area contributed by atoms with Gasteiger partial charge in [0.2, 0.25) is 5.91 Å². The van der Waals surface area contributed by atoms with Crippen molar-refractivity contribution in [1.82, 2.24) is 42.1 Å². The Labute approximate surface area is 249 Å². The number of ether oxygens (including phenoxy) is 2. The van der Waals surface area contributed by atoms with Gasteiger partial charge in [-0.15, -0.1) is 11.8 Å². The van der Waals surface area contributed by atoms with E-state index in [-0.39, 0.29) is 53.6 Å². The number of carbonyl (C=O) groups excluding carboxylic acids is 2. The summed E-state index contributed by atoms with van der Waals surface area (Å²) in [6, 6.07) is 0.617. The van der Waals surface area contributed by atoms with Crippen molar-refractivity contribution in [1.29, 1.82) is 0 Å². The first-order valence-electron chi connectivity index (χ1n) is 15.4. The highest BCUT2D eigenvalue weighted by Gasteiger charge is 2.52. The summed E-state index contributed by atoms with van der Waals surface area (Å²) < 4.78 is 11.5. The van der Waals surface area contributed by atoms with Gasteiger partial charge in [-0.3, -0.25) is 35.7 Å². The summed E-state index contributed by atoms with van der Waals surface area (Å²) in [6.45, 7) is 3.92.